The third-order valence-corrected chi connectivity index (χ3v) is 2.84. The molecule has 94 valence electrons. The summed E-state index contributed by atoms with van der Waals surface area (Å²) >= 11 is 3.14. The van der Waals surface area contributed by atoms with E-state index in [9.17, 15) is 9.18 Å². The number of halogens is 2. The molecule has 2 aromatic rings. The minimum atomic E-state index is -0.505. The summed E-state index contributed by atoms with van der Waals surface area (Å²) in [6.45, 7) is 2.68. The van der Waals surface area contributed by atoms with E-state index in [0.717, 1.165) is 6.42 Å². The minimum absolute atomic E-state index is 0.0927. The number of rotatable bonds is 4. The molecule has 0 saturated heterocycles. The summed E-state index contributed by atoms with van der Waals surface area (Å²) in [7, 11) is 0. The Morgan fingerprint density at radius 2 is 2.28 bits per heavy atom. The van der Waals surface area contributed by atoms with Crippen LogP contribution in [-0.4, -0.2) is 21.1 Å². The molecule has 0 aliphatic heterocycles. The van der Waals surface area contributed by atoms with Crippen LogP contribution in [0.15, 0.2) is 22.9 Å². The van der Waals surface area contributed by atoms with Crippen molar-refractivity contribution in [2.45, 2.75) is 19.9 Å². The maximum atomic E-state index is 13.8. The van der Waals surface area contributed by atoms with Crippen molar-refractivity contribution in [2.75, 3.05) is 0 Å². The van der Waals surface area contributed by atoms with Gasteiger partial charge in [0.05, 0.1) is 5.56 Å². The highest BCUT2D eigenvalue weighted by atomic mass is 79.9. The largest absolute Gasteiger partial charge is 0.298 e. The lowest BCUT2D eigenvalue weighted by Crippen LogP contribution is -1.98. The number of nitrogens with zero attached hydrogens (tertiary/aromatic N) is 3. The summed E-state index contributed by atoms with van der Waals surface area (Å²) in [5, 5.41) is 4.20. The first-order valence-corrected chi connectivity index (χ1v) is 6.29. The van der Waals surface area contributed by atoms with Crippen molar-refractivity contribution in [1.29, 1.82) is 0 Å². The second kappa shape index (κ2) is 5.39. The normalized spacial score (nSPS) is 10.6. The fourth-order valence-corrected chi connectivity index (χ4v) is 1.94. The second-order valence-corrected chi connectivity index (χ2v) is 4.71. The number of pyridine rings is 1. The molecule has 18 heavy (non-hydrogen) atoms. The topological polar surface area (TPSA) is 47.8 Å². The molecule has 0 unspecified atom stereocenters. The monoisotopic (exact) mass is 311 g/mol. The van der Waals surface area contributed by atoms with Crippen LogP contribution in [0.1, 0.15) is 23.7 Å². The molecule has 0 amide bonds. The molecule has 4 nitrogen and oxygen atoms in total. The van der Waals surface area contributed by atoms with Gasteiger partial charge in [-0.1, -0.05) is 6.92 Å². The van der Waals surface area contributed by atoms with E-state index in [1.165, 1.54) is 12.3 Å². The summed E-state index contributed by atoms with van der Waals surface area (Å²) in [6, 6.07) is 1.30. The number of hydrogen-bond donors (Lipinski definition) is 0. The Morgan fingerprint density at radius 3 is 2.89 bits per heavy atom. The molecule has 0 aliphatic carbocycles. The zero-order valence-electron chi connectivity index (χ0n) is 9.73. The van der Waals surface area contributed by atoms with Crippen LogP contribution in [0.3, 0.4) is 0 Å². The Kier molecular flexibility index (Phi) is 3.86. The molecule has 0 radical (unpaired) electrons. The fraction of sp³-hybridized carbons (Fsp3) is 0.250. The highest BCUT2D eigenvalue weighted by molar-refractivity contribution is 9.10. The Hall–Kier alpha value is -1.56. The van der Waals surface area contributed by atoms with Crippen LogP contribution >= 0.6 is 15.9 Å². The molecule has 2 aromatic heterocycles. The molecule has 2 rings (SSSR count). The van der Waals surface area contributed by atoms with E-state index >= 15 is 0 Å². The third kappa shape index (κ3) is 2.48. The first kappa shape index (κ1) is 12.9. The Balaban J connectivity index is 2.51. The highest BCUT2D eigenvalue weighted by Crippen LogP contribution is 2.24. The van der Waals surface area contributed by atoms with Crippen molar-refractivity contribution >= 4 is 22.2 Å². The van der Waals surface area contributed by atoms with Crippen molar-refractivity contribution in [3.63, 3.8) is 0 Å². The predicted molar refractivity (Wildman–Crippen MR) is 68.8 cm³/mol. The Labute approximate surface area is 112 Å². The van der Waals surface area contributed by atoms with E-state index in [1.807, 2.05) is 6.92 Å². The van der Waals surface area contributed by atoms with Crippen LogP contribution < -0.4 is 0 Å². The van der Waals surface area contributed by atoms with Gasteiger partial charge in [-0.3, -0.25) is 14.5 Å². The van der Waals surface area contributed by atoms with Crippen molar-refractivity contribution in [1.82, 2.24) is 14.8 Å². The van der Waals surface area contributed by atoms with Crippen LogP contribution in [0.4, 0.5) is 4.39 Å². The number of aryl methyl sites for hydroxylation is 1. The first-order valence-electron chi connectivity index (χ1n) is 5.49. The quantitative estimate of drug-likeness (QED) is 0.815. The molecule has 0 saturated carbocycles. The summed E-state index contributed by atoms with van der Waals surface area (Å²) in [6.07, 6.45) is 4.63. The van der Waals surface area contributed by atoms with Gasteiger partial charge in [-0.25, -0.2) is 4.39 Å². The van der Waals surface area contributed by atoms with Gasteiger partial charge in [-0.05, 0) is 28.4 Å². The lowest BCUT2D eigenvalue weighted by molar-refractivity contribution is 0.112. The molecule has 6 heteroatoms. The summed E-state index contributed by atoms with van der Waals surface area (Å²) in [5.74, 6) is -0.505. The van der Waals surface area contributed by atoms with E-state index in [-0.39, 0.29) is 11.4 Å². The van der Waals surface area contributed by atoms with Crippen LogP contribution in [0.25, 0.3) is 11.4 Å². The first-order chi connectivity index (χ1) is 8.65. The maximum absolute atomic E-state index is 13.8. The van der Waals surface area contributed by atoms with Gasteiger partial charge in [0.2, 0.25) is 0 Å². The Bertz CT molecular complexity index is 583. The minimum Gasteiger partial charge on any atom is -0.298 e. The summed E-state index contributed by atoms with van der Waals surface area (Å²) in [5.41, 5.74) is 0.718. The number of hydrogen-bond acceptors (Lipinski definition) is 3. The van der Waals surface area contributed by atoms with Gasteiger partial charge in [-0.15, -0.1) is 0 Å². The van der Waals surface area contributed by atoms with Crippen molar-refractivity contribution in [3.8, 4) is 11.4 Å². The van der Waals surface area contributed by atoms with Crippen molar-refractivity contribution in [2.24, 2.45) is 0 Å². The van der Waals surface area contributed by atoms with Crippen LogP contribution in [0.2, 0.25) is 0 Å². The number of aromatic nitrogens is 3. The van der Waals surface area contributed by atoms with E-state index in [2.05, 4.69) is 26.0 Å². The zero-order valence-corrected chi connectivity index (χ0v) is 11.3. The molecular formula is C12H11BrFN3O. The van der Waals surface area contributed by atoms with Crippen LogP contribution in [0.5, 0.6) is 0 Å². The van der Waals surface area contributed by atoms with Crippen LogP contribution in [-0.2, 0) is 6.54 Å². The van der Waals surface area contributed by atoms with Crippen LogP contribution in [0, 0.1) is 5.82 Å². The fourth-order valence-electron chi connectivity index (χ4n) is 1.64. The van der Waals surface area contributed by atoms with Gasteiger partial charge < -0.3 is 0 Å². The molecular weight excluding hydrogens is 301 g/mol. The maximum Gasteiger partial charge on any atom is 0.153 e. The Morgan fingerprint density at radius 1 is 1.50 bits per heavy atom. The molecule has 2 heterocycles. The van der Waals surface area contributed by atoms with E-state index in [4.69, 9.17) is 0 Å². The van der Waals surface area contributed by atoms with E-state index in [0.29, 0.717) is 22.9 Å². The van der Waals surface area contributed by atoms with Gasteiger partial charge in [0.1, 0.15) is 11.4 Å². The average Bonchev–Trinajstić information content (AvgIpc) is 2.72. The predicted octanol–water partition coefficient (Wildman–Crippen LogP) is 3.07. The lowest BCUT2D eigenvalue weighted by Gasteiger charge is -2.00. The molecule has 0 aliphatic rings. The van der Waals surface area contributed by atoms with Crippen molar-refractivity contribution < 1.29 is 9.18 Å². The standard InChI is InChI=1S/C12H11BrFN3O/c1-2-3-17-6-8(7-18)11(16-17)12-10(14)4-9(13)5-15-12/h4-7H,2-3H2,1H3. The number of carbonyl (C=O) groups is 1. The molecule has 0 bridgehead atoms. The zero-order chi connectivity index (χ0) is 13.1. The van der Waals surface area contributed by atoms with Gasteiger partial charge >= 0.3 is 0 Å². The molecule has 0 atom stereocenters. The highest BCUT2D eigenvalue weighted by Gasteiger charge is 2.16. The molecule has 0 fully saturated rings. The van der Waals surface area contributed by atoms with Gasteiger partial charge in [0.25, 0.3) is 0 Å². The lowest BCUT2D eigenvalue weighted by atomic mass is 10.2. The molecule has 0 aromatic carbocycles. The van der Waals surface area contributed by atoms with Gasteiger partial charge in [0, 0.05) is 23.4 Å². The molecule has 0 spiro atoms. The second-order valence-electron chi connectivity index (χ2n) is 3.80. The van der Waals surface area contributed by atoms with E-state index < -0.39 is 5.82 Å². The average molecular weight is 312 g/mol. The van der Waals surface area contributed by atoms with Gasteiger partial charge in [0.15, 0.2) is 12.1 Å². The van der Waals surface area contributed by atoms with E-state index in [1.54, 1.807) is 10.9 Å². The number of carbonyl (C=O) groups excluding carboxylic acids is 1. The SMILES string of the molecule is CCCn1cc(C=O)c(-c2ncc(Br)cc2F)n1. The molecule has 0 N–H and O–H groups in total. The van der Waals surface area contributed by atoms with Crippen molar-refractivity contribution in [3.05, 3.63) is 34.3 Å². The number of aldehydes is 1. The smallest absolute Gasteiger partial charge is 0.153 e. The van der Waals surface area contributed by atoms with Gasteiger partial charge in [-0.2, -0.15) is 5.10 Å². The summed E-state index contributed by atoms with van der Waals surface area (Å²) < 4.78 is 16.0. The third-order valence-electron chi connectivity index (χ3n) is 2.40. The summed E-state index contributed by atoms with van der Waals surface area (Å²) in [4.78, 5) is 15.0.